The van der Waals surface area contributed by atoms with Crippen LogP contribution in [-0.4, -0.2) is 22.3 Å². The number of benzene rings is 1. The predicted octanol–water partition coefficient (Wildman–Crippen LogP) is 5.34. The number of aryl methyl sites for hydroxylation is 1. The van der Waals surface area contributed by atoms with Gasteiger partial charge in [-0.05, 0) is 63.6 Å². The maximum atomic E-state index is 13.3. The van der Waals surface area contributed by atoms with Gasteiger partial charge < -0.3 is 10.6 Å². The molecule has 1 aromatic carbocycles. The van der Waals surface area contributed by atoms with Gasteiger partial charge in [0.05, 0.1) is 16.3 Å². The number of hydrogen-bond acceptors (Lipinski definition) is 5. The number of hydrazine groups is 1. The highest BCUT2D eigenvalue weighted by Crippen LogP contribution is 2.29. The molecular formula is C22H24BrCl2N5O2. The molecule has 0 saturated carbocycles. The van der Waals surface area contributed by atoms with Crippen LogP contribution in [0.4, 0.5) is 11.5 Å². The summed E-state index contributed by atoms with van der Waals surface area (Å²) in [6.07, 6.45) is 2.92. The summed E-state index contributed by atoms with van der Waals surface area (Å²) in [4.78, 5) is 30.3. The molecule has 0 aliphatic heterocycles. The standard InChI is InChI=1S/C22H24BrCl2N5O2/c1-12-9-14(24)11-15(20(31)29-22(3,4)5)18(12)28-21(32)17(10-13(2)23)30(26)19-16(25)7-6-8-27-19/h6-11H,2,26H2,1,3-5H3,(H,28,32)(H,29,31)/b17-10-. The zero-order chi connectivity index (χ0) is 24.2. The summed E-state index contributed by atoms with van der Waals surface area (Å²) < 4.78 is 0.392. The summed E-state index contributed by atoms with van der Waals surface area (Å²) in [5.74, 6) is 5.36. The molecule has 0 unspecified atom stereocenters. The van der Waals surface area contributed by atoms with Crippen LogP contribution in [0.25, 0.3) is 0 Å². The fourth-order valence-electron chi connectivity index (χ4n) is 2.74. The molecule has 1 aromatic heterocycles. The van der Waals surface area contributed by atoms with Gasteiger partial charge >= 0.3 is 0 Å². The van der Waals surface area contributed by atoms with Crippen LogP contribution < -0.4 is 21.5 Å². The third-order valence-electron chi connectivity index (χ3n) is 4.02. The van der Waals surface area contributed by atoms with E-state index in [1.165, 1.54) is 18.3 Å². The Balaban J connectivity index is 2.49. The van der Waals surface area contributed by atoms with Gasteiger partial charge in [0.15, 0.2) is 5.82 Å². The van der Waals surface area contributed by atoms with Crippen LogP contribution in [0.1, 0.15) is 36.7 Å². The Kier molecular flexibility index (Phi) is 8.47. The lowest BCUT2D eigenvalue weighted by Gasteiger charge is -2.24. The van der Waals surface area contributed by atoms with Crippen LogP contribution in [0.3, 0.4) is 0 Å². The molecule has 0 bridgehead atoms. The Morgan fingerprint density at radius 2 is 1.94 bits per heavy atom. The number of rotatable bonds is 6. The van der Waals surface area contributed by atoms with Gasteiger partial charge in [-0.25, -0.2) is 10.8 Å². The quantitative estimate of drug-likeness (QED) is 0.199. The van der Waals surface area contributed by atoms with Gasteiger partial charge in [0.2, 0.25) is 0 Å². The van der Waals surface area contributed by atoms with Gasteiger partial charge in [-0.1, -0.05) is 45.7 Å². The monoisotopic (exact) mass is 539 g/mol. The van der Waals surface area contributed by atoms with E-state index in [4.69, 9.17) is 29.0 Å². The Morgan fingerprint density at radius 3 is 2.50 bits per heavy atom. The van der Waals surface area contributed by atoms with Gasteiger partial charge in [-0.15, -0.1) is 0 Å². The van der Waals surface area contributed by atoms with Gasteiger partial charge in [-0.3, -0.25) is 14.6 Å². The number of anilines is 2. The second-order valence-electron chi connectivity index (χ2n) is 7.96. The van der Waals surface area contributed by atoms with E-state index >= 15 is 0 Å². The lowest BCUT2D eigenvalue weighted by molar-refractivity contribution is -0.112. The minimum Gasteiger partial charge on any atom is -0.347 e. The summed E-state index contributed by atoms with van der Waals surface area (Å²) in [7, 11) is 0. The highest BCUT2D eigenvalue weighted by Gasteiger charge is 2.24. The van der Waals surface area contributed by atoms with Crippen molar-refractivity contribution in [1.82, 2.24) is 10.3 Å². The lowest BCUT2D eigenvalue weighted by Crippen LogP contribution is -2.41. The number of nitrogens with zero attached hydrogens (tertiary/aromatic N) is 2. The Morgan fingerprint density at radius 1 is 1.28 bits per heavy atom. The highest BCUT2D eigenvalue weighted by molar-refractivity contribution is 9.11. The minimum absolute atomic E-state index is 0.0102. The van der Waals surface area contributed by atoms with E-state index in [1.807, 2.05) is 20.8 Å². The molecule has 0 spiro atoms. The molecule has 4 N–H and O–H groups in total. The van der Waals surface area contributed by atoms with Crippen molar-refractivity contribution in [3.05, 3.63) is 74.5 Å². The highest BCUT2D eigenvalue weighted by atomic mass is 79.9. The van der Waals surface area contributed by atoms with Gasteiger partial charge in [0.1, 0.15) is 5.70 Å². The van der Waals surface area contributed by atoms with E-state index in [0.717, 1.165) is 5.01 Å². The molecule has 2 aromatic rings. The van der Waals surface area contributed by atoms with Crippen molar-refractivity contribution in [3.63, 3.8) is 0 Å². The molecule has 32 heavy (non-hydrogen) atoms. The van der Waals surface area contributed by atoms with Crippen LogP contribution in [-0.2, 0) is 4.79 Å². The van der Waals surface area contributed by atoms with Crippen molar-refractivity contribution >= 4 is 62.5 Å². The molecule has 7 nitrogen and oxygen atoms in total. The zero-order valence-corrected chi connectivity index (χ0v) is 21.2. The number of nitrogens with one attached hydrogen (secondary N) is 2. The number of carbonyl (C=O) groups is 2. The van der Waals surface area contributed by atoms with Crippen LogP contribution >= 0.6 is 39.1 Å². The molecule has 170 valence electrons. The van der Waals surface area contributed by atoms with Gasteiger partial charge in [0.25, 0.3) is 11.8 Å². The Bertz CT molecular complexity index is 1100. The first-order valence-electron chi connectivity index (χ1n) is 9.45. The number of pyridine rings is 1. The van der Waals surface area contributed by atoms with Crippen molar-refractivity contribution < 1.29 is 9.59 Å². The number of hydrogen-bond donors (Lipinski definition) is 3. The number of aromatic nitrogens is 1. The van der Waals surface area contributed by atoms with Crippen LogP contribution in [0.15, 0.2) is 53.3 Å². The zero-order valence-electron chi connectivity index (χ0n) is 18.1. The van der Waals surface area contributed by atoms with E-state index in [0.29, 0.717) is 20.8 Å². The summed E-state index contributed by atoms with van der Waals surface area (Å²) in [6, 6.07) is 6.38. The van der Waals surface area contributed by atoms with Gasteiger partial charge in [0, 0.05) is 21.2 Å². The topological polar surface area (TPSA) is 100 Å². The molecular weight excluding hydrogens is 517 g/mol. The first-order valence-corrected chi connectivity index (χ1v) is 11.0. The maximum Gasteiger partial charge on any atom is 0.273 e. The largest absolute Gasteiger partial charge is 0.347 e. The van der Waals surface area contributed by atoms with Crippen molar-refractivity contribution in [2.75, 3.05) is 10.3 Å². The fourth-order valence-corrected chi connectivity index (χ4v) is 3.44. The smallest absolute Gasteiger partial charge is 0.273 e. The lowest BCUT2D eigenvalue weighted by atomic mass is 10.0. The van der Waals surface area contributed by atoms with E-state index < -0.39 is 11.4 Å². The fraction of sp³-hybridized carbons (Fsp3) is 0.227. The first kappa shape index (κ1) is 25.9. The number of halogens is 3. The molecule has 2 amide bonds. The molecule has 1 heterocycles. The average molecular weight is 541 g/mol. The predicted molar refractivity (Wildman–Crippen MR) is 134 cm³/mol. The molecule has 0 fully saturated rings. The van der Waals surface area contributed by atoms with E-state index in [2.05, 4.69) is 38.1 Å². The number of nitrogens with two attached hydrogens (primary N) is 1. The normalized spacial score (nSPS) is 11.7. The third-order valence-corrected chi connectivity index (χ3v) is 4.77. The first-order chi connectivity index (χ1) is 14.8. The minimum atomic E-state index is -0.606. The Labute approximate surface area is 205 Å². The molecule has 0 atom stereocenters. The second-order valence-corrected chi connectivity index (χ2v) is 9.82. The van der Waals surface area contributed by atoms with E-state index in [9.17, 15) is 9.59 Å². The maximum absolute atomic E-state index is 13.3. The van der Waals surface area contributed by atoms with Crippen LogP contribution in [0, 0.1) is 6.92 Å². The van der Waals surface area contributed by atoms with Crippen LogP contribution in [0.5, 0.6) is 0 Å². The molecule has 10 heteroatoms. The van der Waals surface area contributed by atoms with E-state index in [-0.39, 0.29) is 28.0 Å². The van der Waals surface area contributed by atoms with Crippen molar-refractivity contribution in [1.29, 1.82) is 0 Å². The van der Waals surface area contributed by atoms with Gasteiger partial charge in [-0.2, -0.15) is 0 Å². The summed E-state index contributed by atoms with van der Waals surface area (Å²) in [5, 5.41) is 7.30. The van der Waals surface area contributed by atoms with Crippen molar-refractivity contribution in [3.8, 4) is 0 Å². The van der Waals surface area contributed by atoms with E-state index in [1.54, 1.807) is 25.1 Å². The molecule has 0 saturated heterocycles. The third kappa shape index (κ3) is 6.80. The summed E-state index contributed by atoms with van der Waals surface area (Å²) in [6.45, 7) is 11.0. The number of allylic oxidation sites excluding steroid dienone is 2. The molecule has 0 aliphatic carbocycles. The molecule has 0 aliphatic rings. The molecule has 0 radical (unpaired) electrons. The Hall–Kier alpha value is -2.39. The molecule has 2 rings (SSSR count). The second kappa shape index (κ2) is 10.5. The average Bonchev–Trinajstić information content (AvgIpc) is 2.66. The van der Waals surface area contributed by atoms with Crippen LogP contribution in [0.2, 0.25) is 10.0 Å². The summed E-state index contributed by atoms with van der Waals surface area (Å²) in [5.41, 5.74) is 0.616. The van der Waals surface area contributed by atoms with Crippen molar-refractivity contribution in [2.45, 2.75) is 33.2 Å². The number of amides is 2. The van der Waals surface area contributed by atoms with Crippen molar-refractivity contribution in [2.24, 2.45) is 5.84 Å². The summed E-state index contributed by atoms with van der Waals surface area (Å²) >= 11 is 15.6. The number of carbonyl (C=O) groups excluding carboxylic acids is 2. The SMILES string of the molecule is C=C(Br)/C=C(/C(=O)Nc1c(C)cc(Cl)cc1C(=O)NC(C)(C)C)N(N)c1ncccc1Cl.